The topological polar surface area (TPSA) is 86.5 Å². The van der Waals surface area contributed by atoms with Gasteiger partial charge < -0.3 is 19.1 Å². The van der Waals surface area contributed by atoms with E-state index in [9.17, 15) is 9.90 Å². The molecule has 1 N–H and O–H groups in total. The van der Waals surface area contributed by atoms with E-state index in [1.165, 1.54) is 0 Å². The summed E-state index contributed by atoms with van der Waals surface area (Å²) in [5, 5.41) is 10.5. The van der Waals surface area contributed by atoms with Gasteiger partial charge >= 0.3 is 5.97 Å². The number of rotatable bonds is 11. The summed E-state index contributed by atoms with van der Waals surface area (Å²) in [4.78, 5) is 21.3. The molecule has 8 heteroatoms. The number of nitrogens with zero attached hydrogens (tertiary/aromatic N) is 3. The van der Waals surface area contributed by atoms with Crippen LogP contribution in [0.4, 0.5) is 0 Å². The summed E-state index contributed by atoms with van der Waals surface area (Å²) in [6.07, 6.45) is 6.18. The Balaban J connectivity index is 1.45. The van der Waals surface area contributed by atoms with Crippen LogP contribution in [0.3, 0.4) is 0 Å². The van der Waals surface area contributed by atoms with Crippen molar-refractivity contribution in [3.63, 3.8) is 0 Å². The zero-order valence-corrected chi connectivity index (χ0v) is 23.6. The van der Waals surface area contributed by atoms with Crippen molar-refractivity contribution in [2.24, 2.45) is 0 Å². The number of carboxylic acid groups (broad SMARTS) is 1. The monoisotopic (exact) mass is 553 g/mol. The first-order valence-electron chi connectivity index (χ1n) is 13.0. The molecule has 0 fully saturated rings. The summed E-state index contributed by atoms with van der Waals surface area (Å²) in [6, 6.07) is 22.3. The van der Waals surface area contributed by atoms with Gasteiger partial charge in [-0.2, -0.15) is 0 Å². The first kappa shape index (κ1) is 27.3. The highest BCUT2D eigenvalue weighted by Gasteiger charge is 2.19. The van der Waals surface area contributed by atoms with E-state index >= 15 is 0 Å². The molecular formula is C32H31N3O4S. The van der Waals surface area contributed by atoms with Gasteiger partial charge in [0.1, 0.15) is 12.4 Å². The van der Waals surface area contributed by atoms with E-state index in [1.54, 1.807) is 25.1 Å². The highest BCUT2D eigenvalue weighted by molar-refractivity contribution is 7.98. The van der Waals surface area contributed by atoms with E-state index in [-0.39, 0.29) is 6.42 Å². The molecule has 5 aromatic rings. The molecule has 204 valence electrons. The third-order valence-electron chi connectivity index (χ3n) is 6.80. The van der Waals surface area contributed by atoms with Crippen LogP contribution in [0.25, 0.3) is 22.0 Å². The second kappa shape index (κ2) is 12.3. The number of aliphatic carboxylic acids is 1. The van der Waals surface area contributed by atoms with Crippen molar-refractivity contribution >= 4 is 28.6 Å². The van der Waals surface area contributed by atoms with Crippen molar-refractivity contribution in [2.75, 3.05) is 13.4 Å². The molecule has 0 aliphatic rings. The van der Waals surface area contributed by atoms with E-state index in [4.69, 9.17) is 9.47 Å². The van der Waals surface area contributed by atoms with Crippen molar-refractivity contribution in [1.29, 1.82) is 0 Å². The third-order valence-corrected chi connectivity index (χ3v) is 7.67. The molecule has 0 radical (unpaired) electrons. The summed E-state index contributed by atoms with van der Waals surface area (Å²) in [5.74, 6) is 0.527. The Morgan fingerprint density at radius 1 is 0.975 bits per heavy atom. The van der Waals surface area contributed by atoms with Gasteiger partial charge in [-0.05, 0) is 66.6 Å². The predicted molar refractivity (Wildman–Crippen MR) is 158 cm³/mol. The van der Waals surface area contributed by atoms with Gasteiger partial charge in [0, 0.05) is 52.1 Å². The minimum absolute atomic E-state index is 0.0652. The van der Waals surface area contributed by atoms with E-state index in [2.05, 4.69) is 50.9 Å². The highest BCUT2D eigenvalue weighted by atomic mass is 32.2. The molecule has 40 heavy (non-hydrogen) atoms. The van der Waals surface area contributed by atoms with Crippen molar-refractivity contribution < 1.29 is 19.4 Å². The fraction of sp³-hybridized carbons (Fsp3) is 0.219. The highest BCUT2D eigenvalue weighted by Crippen LogP contribution is 2.37. The lowest BCUT2D eigenvalue weighted by Crippen LogP contribution is -2.07. The van der Waals surface area contributed by atoms with Gasteiger partial charge in [-0.25, -0.2) is 4.98 Å². The average Bonchev–Trinajstić information content (AvgIpc) is 3.27. The Morgan fingerprint density at radius 3 is 2.42 bits per heavy atom. The van der Waals surface area contributed by atoms with Gasteiger partial charge in [0.15, 0.2) is 0 Å². The standard InChI is InChI=1S/C32H31N3O4S/c1-21-4-10-25(33-17-21)20-39-26-11-12-28-27(16-26)32(40-3)29(13-15-31(36)37)35(28)19-22-5-7-23(8-6-22)24-9-14-30(38-2)34-18-24/h4-12,14,16-18H,13,15,19-20H2,1-3H3,(H,36,37). The number of aryl methyl sites for hydroxylation is 1. The van der Waals surface area contributed by atoms with Crippen LogP contribution in [0, 0.1) is 6.92 Å². The van der Waals surface area contributed by atoms with Crippen molar-refractivity contribution in [3.8, 4) is 22.8 Å². The molecule has 0 unspecified atom stereocenters. The first-order chi connectivity index (χ1) is 19.4. The fourth-order valence-corrected chi connectivity index (χ4v) is 5.56. The van der Waals surface area contributed by atoms with Crippen LogP contribution >= 0.6 is 11.8 Å². The lowest BCUT2D eigenvalue weighted by molar-refractivity contribution is -0.137. The van der Waals surface area contributed by atoms with Crippen molar-refractivity contribution in [1.82, 2.24) is 14.5 Å². The number of hydrogen-bond acceptors (Lipinski definition) is 6. The average molecular weight is 554 g/mol. The lowest BCUT2D eigenvalue weighted by atomic mass is 10.1. The Morgan fingerprint density at radius 2 is 1.77 bits per heavy atom. The normalized spacial score (nSPS) is 11.1. The van der Waals surface area contributed by atoms with Crippen LogP contribution in [0.1, 0.15) is 28.9 Å². The molecule has 0 bridgehead atoms. The number of fused-ring (bicyclic) bond motifs is 1. The second-order valence-corrected chi connectivity index (χ2v) is 10.4. The lowest BCUT2D eigenvalue weighted by Gasteiger charge is -2.13. The Bertz CT molecular complexity index is 1610. The number of pyridine rings is 2. The number of methoxy groups -OCH3 is 1. The van der Waals surface area contributed by atoms with E-state index in [1.807, 2.05) is 49.7 Å². The van der Waals surface area contributed by atoms with Gasteiger partial charge in [-0.3, -0.25) is 9.78 Å². The van der Waals surface area contributed by atoms with Gasteiger partial charge in [0.05, 0.1) is 19.2 Å². The van der Waals surface area contributed by atoms with Crippen LogP contribution in [-0.2, 0) is 24.4 Å². The summed E-state index contributed by atoms with van der Waals surface area (Å²) >= 11 is 1.64. The van der Waals surface area contributed by atoms with Gasteiger partial charge in [-0.15, -0.1) is 11.8 Å². The number of benzene rings is 2. The van der Waals surface area contributed by atoms with Crippen molar-refractivity contribution in [3.05, 3.63) is 102 Å². The Kier molecular flexibility index (Phi) is 8.36. The number of aromatic nitrogens is 3. The van der Waals surface area contributed by atoms with E-state index in [0.29, 0.717) is 25.5 Å². The molecule has 7 nitrogen and oxygen atoms in total. The quantitative estimate of drug-likeness (QED) is 0.180. The van der Waals surface area contributed by atoms with Crippen LogP contribution in [0.15, 0.2) is 84.0 Å². The van der Waals surface area contributed by atoms with E-state index < -0.39 is 5.97 Å². The number of ether oxygens (including phenoxy) is 2. The maximum Gasteiger partial charge on any atom is 0.303 e. The maximum atomic E-state index is 11.5. The summed E-state index contributed by atoms with van der Waals surface area (Å²) in [5.41, 5.74) is 7.24. The van der Waals surface area contributed by atoms with Gasteiger partial charge in [0.2, 0.25) is 5.88 Å². The van der Waals surface area contributed by atoms with Crippen molar-refractivity contribution in [2.45, 2.75) is 37.8 Å². The number of hydrogen-bond donors (Lipinski definition) is 1. The Hall–Kier alpha value is -4.30. The van der Waals surface area contributed by atoms with Crippen LogP contribution in [0.2, 0.25) is 0 Å². The summed E-state index contributed by atoms with van der Waals surface area (Å²) in [6.45, 7) is 3.01. The molecule has 3 aromatic heterocycles. The molecule has 2 aromatic carbocycles. The Labute approximate surface area is 237 Å². The smallest absolute Gasteiger partial charge is 0.303 e. The zero-order valence-electron chi connectivity index (χ0n) is 22.8. The number of thioether (sulfide) groups is 1. The SMILES string of the molecule is COc1ccc(-c2ccc(Cn3c(CCC(=O)O)c(SC)c4cc(OCc5ccc(C)cn5)ccc43)cc2)cn1. The molecule has 0 saturated heterocycles. The molecule has 0 saturated carbocycles. The van der Waals surface area contributed by atoms with Crippen LogP contribution in [0.5, 0.6) is 11.6 Å². The molecular weight excluding hydrogens is 522 g/mol. The van der Waals surface area contributed by atoms with Crippen LogP contribution < -0.4 is 9.47 Å². The molecule has 0 aliphatic carbocycles. The summed E-state index contributed by atoms with van der Waals surface area (Å²) < 4.78 is 13.5. The molecule has 5 rings (SSSR count). The van der Waals surface area contributed by atoms with Gasteiger partial charge in [0.25, 0.3) is 0 Å². The molecule has 0 amide bonds. The third kappa shape index (κ3) is 6.13. The molecule has 0 atom stereocenters. The number of carbonyl (C=O) groups is 1. The molecule has 0 spiro atoms. The zero-order chi connectivity index (χ0) is 28.1. The predicted octanol–water partition coefficient (Wildman–Crippen LogP) is 6.78. The minimum Gasteiger partial charge on any atom is -0.487 e. The van der Waals surface area contributed by atoms with Gasteiger partial charge in [-0.1, -0.05) is 30.3 Å². The maximum absolute atomic E-state index is 11.5. The van der Waals surface area contributed by atoms with Crippen LogP contribution in [-0.4, -0.2) is 39.0 Å². The second-order valence-electron chi connectivity index (χ2n) is 9.54. The summed E-state index contributed by atoms with van der Waals surface area (Å²) in [7, 11) is 1.60. The van der Waals surface area contributed by atoms with E-state index in [0.717, 1.165) is 55.2 Å². The number of carboxylic acids is 1. The molecule has 0 aliphatic heterocycles. The largest absolute Gasteiger partial charge is 0.487 e. The first-order valence-corrected chi connectivity index (χ1v) is 14.2. The minimum atomic E-state index is -0.809. The molecule has 3 heterocycles. The fourth-order valence-electron chi connectivity index (χ4n) is 4.73.